The van der Waals surface area contributed by atoms with Crippen molar-refractivity contribution in [2.75, 3.05) is 6.54 Å². The van der Waals surface area contributed by atoms with E-state index in [0.29, 0.717) is 0 Å². The van der Waals surface area contributed by atoms with Crippen LogP contribution in [0.25, 0.3) is 0 Å². The second-order valence-corrected chi connectivity index (χ2v) is 4.25. The number of nitrogens with one attached hydrogen (secondary N) is 1. The minimum atomic E-state index is -1.05. The Bertz CT molecular complexity index is 444. The minimum Gasteiger partial charge on any atom is -0.368 e. The van der Waals surface area contributed by atoms with Crippen LogP contribution in [0.15, 0.2) is 24.3 Å². The molecule has 0 atom stereocenters. The van der Waals surface area contributed by atoms with E-state index in [4.69, 9.17) is 5.73 Å². The summed E-state index contributed by atoms with van der Waals surface area (Å²) in [6, 6.07) is 6.04. The lowest BCUT2D eigenvalue weighted by atomic mass is 9.83. The molecule has 0 aliphatic carbocycles. The van der Waals surface area contributed by atoms with Gasteiger partial charge in [-0.2, -0.15) is 0 Å². The monoisotopic (exact) mass is 238 g/mol. The maximum atomic E-state index is 13.6. The van der Waals surface area contributed by atoms with Crippen LogP contribution in [0.3, 0.4) is 0 Å². The summed E-state index contributed by atoms with van der Waals surface area (Å²) in [5.74, 6) is -1.53. The van der Waals surface area contributed by atoms with E-state index in [2.05, 4.69) is 5.32 Å². The van der Waals surface area contributed by atoms with Gasteiger partial charge >= 0.3 is 0 Å². The van der Waals surface area contributed by atoms with Crippen LogP contribution in [-0.4, -0.2) is 18.4 Å². The van der Waals surface area contributed by atoms with E-state index >= 15 is 0 Å². The van der Waals surface area contributed by atoms with Gasteiger partial charge in [-0.25, -0.2) is 4.39 Å². The summed E-state index contributed by atoms with van der Waals surface area (Å²) in [5, 5.41) is 2.37. The molecule has 0 heterocycles. The first-order chi connectivity index (χ1) is 7.85. The van der Waals surface area contributed by atoms with Crippen molar-refractivity contribution < 1.29 is 14.0 Å². The first-order valence-corrected chi connectivity index (χ1v) is 5.17. The number of carbonyl (C=O) groups excluding carboxylic acids is 2. The number of halogens is 1. The van der Waals surface area contributed by atoms with Gasteiger partial charge in [0.05, 0.1) is 12.0 Å². The highest BCUT2D eigenvalue weighted by Crippen LogP contribution is 2.25. The summed E-state index contributed by atoms with van der Waals surface area (Å²) in [6.07, 6.45) is 0. The van der Waals surface area contributed by atoms with Gasteiger partial charge in [0.2, 0.25) is 11.8 Å². The SMILES string of the molecule is CC(C)(C(=O)NCC(N)=O)c1ccccc1F. The van der Waals surface area contributed by atoms with Crippen LogP contribution in [0.1, 0.15) is 19.4 Å². The van der Waals surface area contributed by atoms with Crippen molar-refractivity contribution in [3.05, 3.63) is 35.6 Å². The first-order valence-electron chi connectivity index (χ1n) is 5.17. The van der Waals surface area contributed by atoms with Gasteiger partial charge in [0.25, 0.3) is 0 Å². The van der Waals surface area contributed by atoms with E-state index in [9.17, 15) is 14.0 Å². The normalized spacial score (nSPS) is 11.0. The highest BCUT2D eigenvalue weighted by Gasteiger charge is 2.32. The van der Waals surface area contributed by atoms with Crippen LogP contribution in [-0.2, 0) is 15.0 Å². The van der Waals surface area contributed by atoms with E-state index in [0.717, 1.165) is 0 Å². The Hall–Kier alpha value is -1.91. The highest BCUT2D eigenvalue weighted by atomic mass is 19.1. The number of rotatable bonds is 4. The van der Waals surface area contributed by atoms with E-state index in [1.807, 2.05) is 0 Å². The Labute approximate surface area is 99.0 Å². The molecule has 0 radical (unpaired) electrons. The maximum Gasteiger partial charge on any atom is 0.236 e. The summed E-state index contributed by atoms with van der Waals surface area (Å²) in [5.41, 5.74) is 4.15. The number of benzene rings is 1. The fraction of sp³-hybridized carbons (Fsp3) is 0.333. The third kappa shape index (κ3) is 3.03. The Balaban J connectivity index is 2.91. The topological polar surface area (TPSA) is 72.2 Å². The number of carbonyl (C=O) groups is 2. The lowest BCUT2D eigenvalue weighted by molar-refractivity contribution is -0.128. The van der Waals surface area contributed by atoms with Crippen LogP contribution in [0, 0.1) is 5.82 Å². The fourth-order valence-electron chi connectivity index (χ4n) is 1.48. The molecule has 0 aliphatic heterocycles. The molecular formula is C12H15FN2O2. The third-order valence-corrected chi connectivity index (χ3v) is 2.54. The molecule has 2 amide bonds. The zero-order chi connectivity index (χ0) is 13.1. The molecular weight excluding hydrogens is 223 g/mol. The smallest absolute Gasteiger partial charge is 0.236 e. The average Bonchev–Trinajstić information content (AvgIpc) is 2.26. The third-order valence-electron chi connectivity index (χ3n) is 2.54. The number of amides is 2. The zero-order valence-corrected chi connectivity index (χ0v) is 9.79. The fourth-order valence-corrected chi connectivity index (χ4v) is 1.48. The number of hydrogen-bond donors (Lipinski definition) is 2. The van der Waals surface area contributed by atoms with Crippen molar-refractivity contribution in [2.45, 2.75) is 19.3 Å². The molecule has 92 valence electrons. The second-order valence-electron chi connectivity index (χ2n) is 4.25. The van der Waals surface area contributed by atoms with Crippen molar-refractivity contribution in [1.29, 1.82) is 0 Å². The van der Waals surface area contributed by atoms with Gasteiger partial charge in [-0.05, 0) is 19.9 Å². The van der Waals surface area contributed by atoms with Crippen LogP contribution in [0.5, 0.6) is 0 Å². The summed E-state index contributed by atoms with van der Waals surface area (Å²) < 4.78 is 13.6. The number of nitrogens with two attached hydrogens (primary N) is 1. The maximum absolute atomic E-state index is 13.6. The quantitative estimate of drug-likeness (QED) is 0.810. The molecule has 3 N–H and O–H groups in total. The molecule has 1 rings (SSSR count). The van der Waals surface area contributed by atoms with Crippen LogP contribution >= 0.6 is 0 Å². The largest absolute Gasteiger partial charge is 0.368 e. The molecule has 5 heteroatoms. The van der Waals surface area contributed by atoms with Crippen LogP contribution in [0.4, 0.5) is 4.39 Å². The Morgan fingerprint density at radius 1 is 1.35 bits per heavy atom. The van der Waals surface area contributed by atoms with E-state index in [-0.39, 0.29) is 12.1 Å². The molecule has 1 aromatic carbocycles. The molecule has 1 aromatic rings. The van der Waals surface area contributed by atoms with Gasteiger partial charge in [-0.15, -0.1) is 0 Å². The standard InChI is InChI=1S/C12H15FN2O2/c1-12(2,11(17)15-7-10(14)16)8-5-3-4-6-9(8)13/h3-6H,7H2,1-2H3,(H2,14,16)(H,15,17). The van der Waals surface area contributed by atoms with E-state index < -0.39 is 23.0 Å². The summed E-state index contributed by atoms with van der Waals surface area (Å²) in [7, 11) is 0. The van der Waals surface area contributed by atoms with Crippen molar-refractivity contribution >= 4 is 11.8 Å². The molecule has 0 unspecified atom stereocenters. The molecule has 0 aromatic heterocycles. The Morgan fingerprint density at radius 3 is 2.47 bits per heavy atom. The van der Waals surface area contributed by atoms with E-state index in [1.54, 1.807) is 32.0 Å². The molecule has 0 spiro atoms. The Morgan fingerprint density at radius 2 is 1.94 bits per heavy atom. The zero-order valence-electron chi connectivity index (χ0n) is 9.79. The van der Waals surface area contributed by atoms with Crippen LogP contribution in [0.2, 0.25) is 0 Å². The highest BCUT2D eigenvalue weighted by molar-refractivity contribution is 5.90. The van der Waals surface area contributed by atoms with Crippen LogP contribution < -0.4 is 11.1 Å². The molecule has 0 bridgehead atoms. The van der Waals surface area contributed by atoms with Crippen molar-refractivity contribution in [2.24, 2.45) is 5.73 Å². The first kappa shape index (κ1) is 13.2. The second kappa shape index (κ2) is 4.95. The Kier molecular flexibility index (Phi) is 3.83. The van der Waals surface area contributed by atoms with Gasteiger partial charge in [0.1, 0.15) is 5.82 Å². The predicted octanol–water partition coefficient (Wildman–Crippen LogP) is 0.705. The molecule has 17 heavy (non-hydrogen) atoms. The molecule has 0 saturated heterocycles. The predicted molar refractivity (Wildman–Crippen MR) is 61.6 cm³/mol. The lowest BCUT2D eigenvalue weighted by Gasteiger charge is -2.24. The molecule has 0 fully saturated rings. The van der Waals surface area contributed by atoms with Gasteiger partial charge in [-0.3, -0.25) is 9.59 Å². The minimum absolute atomic E-state index is 0.253. The van der Waals surface area contributed by atoms with Gasteiger partial charge in [-0.1, -0.05) is 18.2 Å². The molecule has 0 aliphatic rings. The van der Waals surface area contributed by atoms with E-state index in [1.165, 1.54) is 6.07 Å². The van der Waals surface area contributed by atoms with Gasteiger partial charge in [0.15, 0.2) is 0 Å². The van der Waals surface area contributed by atoms with Crippen molar-refractivity contribution in [3.63, 3.8) is 0 Å². The lowest BCUT2D eigenvalue weighted by Crippen LogP contribution is -2.44. The summed E-state index contributed by atoms with van der Waals surface area (Å²) in [4.78, 5) is 22.4. The molecule has 0 saturated carbocycles. The number of primary amides is 1. The van der Waals surface area contributed by atoms with Gasteiger partial charge in [0, 0.05) is 5.56 Å². The molecule has 4 nitrogen and oxygen atoms in total. The number of hydrogen-bond acceptors (Lipinski definition) is 2. The van der Waals surface area contributed by atoms with Crippen molar-refractivity contribution in [3.8, 4) is 0 Å². The summed E-state index contributed by atoms with van der Waals surface area (Å²) in [6.45, 7) is 2.92. The van der Waals surface area contributed by atoms with Gasteiger partial charge < -0.3 is 11.1 Å². The average molecular weight is 238 g/mol. The van der Waals surface area contributed by atoms with Crippen molar-refractivity contribution in [1.82, 2.24) is 5.32 Å². The summed E-state index contributed by atoms with van der Waals surface area (Å²) >= 11 is 0.